The number of rotatable bonds is 3. The molecule has 1 atom stereocenters. The first-order valence-corrected chi connectivity index (χ1v) is 8.42. The Kier molecular flexibility index (Phi) is 3.55. The lowest BCUT2D eigenvalue weighted by Crippen LogP contribution is -2.30. The van der Waals surface area contributed by atoms with Crippen LogP contribution in [-0.2, 0) is 20.0 Å². The molecule has 8 heteroatoms. The highest BCUT2D eigenvalue weighted by atomic mass is 16.1. The van der Waals surface area contributed by atoms with E-state index in [9.17, 15) is 4.79 Å². The minimum Gasteiger partial charge on any atom is -0.352 e. The van der Waals surface area contributed by atoms with E-state index in [0.29, 0.717) is 18.0 Å². The Bertz CT molecular complexity index is 985. The largest absolute Gasteiger partial charge is 0.352 e. The maximum absolute atomic E-state index is 12.8. The summed E-state index contributed by atoms with van der Waals surface area (Å²) in [7, 11) is 1.85. The van der Waals surface area contributed by atoms with E-state index in [0.717, 1.165) is 47.0 Å². The van der Waals surface area contributed by atoms with Crippen molar-refractivity contribution in [2.75, 3.05) is 6.54 Å². The number of aryl methyl sites for hydroxylation is 4. The van der Waals surface area contributed by atoms with E-state index in [1.807, 2.05) is 33.9 Å². The molecule has 0 aliphatic carbocycles. The van der Waals surface area contributed by atoms with E-state index in [2.05, 4.69) is 30.2 Å². The molecule has 0 bridgehead atoms. The fraction of sp³-hybridized carbons (Fsp3) is 0.471. The molecule has 1 N–H and O–H groups in total. The van der Waals surface area contributed by atoms with E-state index in [-0.39, 0.29) is 5.91 Å². The molecule has 0 fully saturated rings. The predicted octanol–water partition coefficient (Wildman–Crippen LogP) is 1.09. The minimum absolute atomic E-state index is 0.0778. The van der Waals surface area contributed by atoms with Crippen LogP contribution in [0, 0.1) is 26.7 Å². The van der Waals surface area contributed by atoms with Gasteiger partial charge in [-0.25, -0.2) is 4.98 Å². The van der Waals surface area contributed by atoms with Gasteiger partial charge in [0.05, 0.1) is 16.6 Å². The summed E-state index contributed by atoms with van der Waals surface area (Å²) in [4.78, 5) is 17.3. The first kappa shape index (κ1) is 15.7. The molecule has 130 valence electrons. The predicted molar refractivity (Wildman–Crippen MR) is 92.3 cm³/mol. The Balaban J connectivity index is 1.53. The van der Waals surface area contributed by atoms with E-state index >= 15 is 0 Å². The van der Waals surface area contributed by atoms with E-state index in [1.54, 1.807) is 4.68 Å². The first-order valence-electron chi connectivity index (χ1n) is 8.42. The molecule has 3 aromatic rings. The summed E-state index contributed by atoms with van der Waals surface area (Å²) in [5.41, 5.74) is 3.01. The average Bonchev–Trinajstić information content (AvgIpc) is 3.21. The maximum atomic E-state index is 12.8. The van der Waals surface area contributed by atoms with Crippen LogP contribution in [0.1, 0.15) is 33.4 Å². The van der Waals surface area contributed by atoms with Crippen LogP contribution in [0.25, 0.3) is 11.0 Å². The van der Waals surface area contributed by atoms with Crippen molar-refractivity contribution in [2.45, 2.75) is 33.7 Å². The highest BCUT2D eigenvalue weighted by molar-refractivity contribution is 6.06. The highest BCUT2D eigenvalue weighted by Crippen LogP contribution is 2.22. The molecule has 4 heterocycles. The van der Waals surface area contributed by atoms with E-state index in [1.165, 1.54) is 0 Å². The van der Waals surface area contributed by atoms with Crippen LogP contribution in [0.15, 0.2) is 6.07 Å². The number of carbonyl (C=O) groups excluding carboxylic acids is 1. The van der Waals surface area contributed by atoms with Crippen LogP contribution in [0.3, 0.4) is 0 Å². The molecule has 0 saturated heterocycles. The standard InChI is InChI=1S/C17H21N7O/c1-9-5-13(15-10(2)22-23(4)16(15)19-9)17(25)18-7-12-6-14-21-20-11(3)24(14)8-12/h5,12H,6-8H2,1-4H3,(H,18,25). The Morgan fingerprint density at radius 1 is 1.32 bits per heavy atom. The van der Waals surface area contributed by atoms with Crippen molar-refractivity contribution in [2.24, 2.45) is 13.0 Å². The van der Waals surface area contributed by atoms with Crippen LogP contribution in [0.4, 0.5) is 0 Å². The number of carbonyl (C=O) groups is 1. The average molecular weight is 339 g/mol. The Morgan fingerprint density at radius 3 is 2.88 bits per heavy atom. The van der Waals surface area contributed by atoms with Crippen molar-refractivity contribution < 1.29 is 4.79 Å². The Hall–Kier alpha value is -2.77. The van der Waals surface area contributed by atoms with Gasteiger partial charge in [-0.1, -0.05) is 0 Å². The topological polar surface area (TPSA) is 90.5 Å². The molecule has 0 saturated carbocycles. The summed E-state index contributed by atoms with van der Waals surface area (Å²) >= 11 is 0. The molecule has 0 spiro atoms. The summed E-state index contributed by atoms with van der Waals surface area (Å²) < 4.78 is 3.84. The second-order valence-corrected chi connectivity index (χ2v) is 6.77. The van der Waals surface area contributed by atoms with Crippen molar-refractivity contribution >= 4 is 16.9 Å². The van der Waals surface area contributed by atoms with Crippen molar-refractivity contribution in [1.29, 1.82) is 0 Å². The number of nitrogens with zero attached hydrogens (tertiary/aromatic N) is 6. The second kappa shape index (κ2) is 5.65. The smallest absolute Gasteiger partial charge is 0.252 e. The third-order valence-electron chi connectivity index (χ3n) is 4.82. The second-order valence-electron chi connectivity index (χ2n) is 6.77. The number of aromatic nitrogens is 6. The van der Waals surface area contributed by atoms with Gasteiger partial charge in [-0.2, -0.15) is 5.10 Å². The fourth-order valence-electron chi connectivity index (χ4n) is 3.61. The van der Waals surface area contributed by atoms with Crippen LogP contribution < -0.4 is 5.32 Å². The Labute approximate surface area is 145 Å². The molecule has 1 unspecified atom stereocenters. The summed E-state index contributed by atoms with van der Waals surface area (Å²) in [6.45, 7) is 7.22. The van der Waals surface area contributed by atoms with Crippen molar-refractivity contribution in [3.05, 3.63) is 34.7 Å². The van der Waals surface area contributed by atoms with Gasteiger partial charge in [0.15, 0.2) is 5.65 Å². The zero-order chi connectivity index (χ0) is 17.7. The number of amides is 1. The summed E-state index contributed by atoms with van der Waals surface area (Å²) in [5.74, 6) is 2.20. The molecular formula is C17H21N7O. The van der Waals surface area contributed by atoms with Gasteiger partial charge >= 0.3 is 0 Å². The van der Waals surface area contributed by atoms with Gasteiger partial charge < -0.3 is 9.88 Å². The first-order chi connectivity index (χ1) is 11.9. The number of pyridine rings is 1. The van der Waals surface area contributed by atoms with Crippen molar-refractivity contribution in [3.63, 3.8) is 0 Å². The maximum Gasteiger partial charge on any atom is 0.252 e. The molecule has 1 amide bonds. The summed E-state index contributed by atoms with van der Waals surface area (Å²) in [6.07, 6.45) is 0.845. The van der Waals surface area contributed by atoms with Gasteiger partial charge in [0.25, 0.3) is 5.91 Å². The van der Waals surface area contributed by atoms with Crippen molar-refractivity contribution in [3.8, 4) is 0 Å². The Morgan fingerprint density at radius 2 is 2.12 bits per heavy atom. The van der Waals surface area contributed by atoms with Gasteiger partial charge in [-0.05, 0) is 26.8 Å². The van der Waals surface area contributed by atoms with Gasteiger partial charge in [-0.15, -0.1) is 10.2 Å². The van der Waals surface area contributed by atoms with Gasteiger partial charge in [0, 0.05) is 38.2 Å². The molecule has 8 nitrogen and oxygen atoms in total. The van der Waals surface area contributed by atoms with Gasteiger partial charge in [0.2, 0.25) is 0 Å². The third kappa shape index (κ3) is 2.57. The van der Waals surface area contributed by atoms with Crippen molar-refractivity contribution in [1.82, 2.24) is 34.8 Å². The summed E-state index contributed by atoms with van der Waals surface area (Å²) in [6, 6.07) is 1.83. The quantitative estimate of drug-likeness (QED) is 0.771. The zero-order valence-corrected chi connectivity index (χ0v) is 14.9. The number of fused-ring (bicyclic) bond motifs is 2. The van der Waals surface area contributed by atoms with E-state index < -0.39 is 0 Å². The zero-order valence-electron chi connectivity index (χ0n) is 14.9. The molecule has 25 heavy (non-hydrogen) atoms. The molecule has 4 rings (SSSR count). The fourth-order valence-corrected chi connectivity index (χ4v) is 3.61. The SMILES string of the molecule is Cc1cc(C(=O)NCC2Cc3nnc(C)n3C2)c2c(C)nn(C)c2n1. The van der Waals surface area contributed by atoms with Gasteiger partial charge in [0.1, 0.15) is 11.6 Å². The minimum atomic E-state index is -0.0778. The van der Waals surface area contributed by atoms with Gasteiger partial charge in [-0.3, -0.25) is 9.48 Å². The highest BCUT2D eigenvalue weighted by Gasteiger charge is 2.25. The third-order valence-corrected chi connectivity index (χ3v) is 4.82. The molecule has 0 aromatic carbocycles. The van der Waals surface area contributed by atoms with Crippen LogP contribution in [-0.4, -0.2) is 42.0 Å². The number of hydrogen-bond acceptors (Lipinski definition) is 5. The monoisotopic (exact) mass is 339 g/mol. The lowest BCUT2D eigenvalue weighted by Gasteiger charge is -2.12. The van der Waals surface area contributed by atoms with Crippen LogP contribution >= 0.6 is 0 Å². The molecular weight excluding hydrogens is 318 g/mol. The van der Waals surface area contributed by atoms with E-state index in [4.69, 9.17) is 0 Å². The van der Waals surface area contributed by atoms with Crippen LogP contribution in [0.5, 0.6) is 0 Å². The lowest BCUT2D eigenvalue weighted by atomic mass is 10.1. The molecule has 0 radical (unpaired) electrons. The molecule has 1 aliphatic heterocycles. The number of nitrogens with one attached hydrogen (secondary N) is 1. The molecule has 1 aliphatic rings. The summed E-state index contributed by atoms with van der Waals surface area (Å²) in [5, 5.41) is 16.6. The number of hydrogen-bond donors (Lipinski definition) is 1. The molecule has 3 aromatic heterocycles. The lowest BCUT2D eigenvalue weighted by molar-refractivity contribution is 0.0948. The van der Waals surface area contributed by atoms with Crippen LogP contribution in [0.2, 0.25) is 0 Å². The normalized spacial score (nSPS) is 16.4.